The molecule has 38 heavy (non-hydrogen) atoms. The fourth-order valence-electron chi connectivity index (χ4n) is 3.81. The number of hydrogen-bond donors (Lipinski definition) is 3. The monoisotopic (exact) mass is 533 g/mol. The van der Waals surface area contributed by atoms with Crippen molar-refractivity contribution >= 4 is 40.6 Å². The molecule has 0 radical (unpaired) electrons. The van der Waals surface area contributed by atoms with Crippen LogP contribution < -0.4 is 26.4 Å². The van der Waals surface area contributed by atoms with E-state index in [0.29, 0.717) is 22.8 Å². The molecule has 9 nitrogen and oxygen atoms in total. The second-order valence-electron chi connectivity index (χ2n) is 8.17. The third kappa shape index (κ3) is 5.62. The standard InChI is InChI=1S/C27H24FN5O4S/c1-37-20-13-7-17(8-14-20)23(26(35)31-15-16-5-3-2-4-6-16)33(19-11-9-18(28)10-12-19)27(36)24-21(29)22(25(30)34)32-38-24/h2-14,23H,15,29H2,1H3,(H2,30,34)(H,31,35)/t23-/m1/s1. The van der Waals surface area contributed by atoms with Gasteiger partial charge in [-0.1, -0.05) is 42.5 Å². The number of nitrogen functional groups attached to an aromatic ring is 1. The quantitative estimate of drug-likeness (QED) is 0.300. The third-order valence-corrected chi connectivity index (χ3v) is 6.58. The fraction of sp³-hybridized carbons (Fsp3) is 0.111. The van der Waals surface area contributed by atoms with Crippen LogP contribution in [0.4, 0.5) is 15.8 Å². The second-order valence-corrected chi connectivity index (χ2v) is 8.94. The van der Waals surface area contributed by atoms with Crippen LogP contribution in [0.15, 0.2) is 78.9 Å². The summed E-state index contributed by atoms with van der Waals surface area (Å²) in [6, 6.07) is 19.8. The van der Waals surface area contributed by atoms with E-state index in [9.17, 15) is 18.8 Å². The molecule has 4 aromatic rings. The summed E-state index contributed by atoms with van der Waals surface area (Å²) in [5.41, 5.74) is 12.5. The summed E-state index contributed by atoms with van der Waals surface area (Å²) in [6.07, 6.45) is 0. The van der Waals surface area contributed by atoms with Crippen LogP contribution in [0.3, 0.4) is 0 Å². The number of halogens is 1. The molecule has 1 atom stereocenters. The Morgan fingerprint density at radius 1 is 1.03 bits per heavy atom. The highest BCUT2D eigenvalue weighted by Gasteiger charge is 2.36. The molecular formula is C27H24FN5O4S. The average Bonchev–Trinajstić information content (AvgIpc) is 3.33. The Kier molecular flexibility index (Phi) is 7.97. The highest BCUT2D eigenvalue weighted by Crippen LogP contribution is 2.34. The van der Waals surface area contributed by atoms with E-state index < -0.39 is 29.6 Å². The van der Waals surface area contributed by atoms with Crippen LogP contribution in [-0.4, -0.2) is 29.2 Å². The molecule has 4 rings (SSSR count). The van der Waals surface area contributed by atoms with E-state index in [1.165, 1.54) is 36.3 Å². The summed E-state index contributed by atoms with van der Waals surface area (Å²) < 4.78 is 23.0. The minimum atomic E-state index is -1.21. The van der Waals surface area contributed by atoms with Crippen LogP contribution in [0.2, 0.25) is 0 Å². The number of carbonyl (C=O) groups is 3. The number of methoxy groups -OCH3 is 1. The van der Waals surface area contributed by atoms with Gasteiger partial charge in [0.25, 0.3) is 11.8 Å². The van der Waals surface area contributed by atoms with Gasteiger partial charge in [-0.2, -0.15) is 4.37 Å². The van der Waals surface area contributed by atoms with Gasteiger partial charge in [-0.05, 0) is 59.1 Å². The highest BCUT2D eigenvalue weighted by atomic mass is 32.1. The first kappa shape index (κ1) is 26.3. The maximum atomic E-state index is 14.0. The molecule has 3 amide bonds. The van der Waals surface area contributed by atoms with Crippen molar-refractivity contribution in [3.8, 4) is 5.75 Å². The minimum Gasteiger partial charge on any atom is -0.497 e. The van der Waals surface area contributed by atoms with Crippen molar-refractivity contribution in [2.24, 2.45) is 5.73 Å². The number of nitrogens with one attached hydrogen (secondary N) is 1. The Labute approximate surface area is 222 Å². The molecule has 3 aromatic carbocycles. The lowest BCUT2D eigenvalue weighted by molar-refractivity contribution is -0.122. The summed E-state index contributed by atoms with van der Waals surface area (Å²) in [7, 11) is 1.51. The van der Waals surface area contributed by atoms with E-state index in [2.05, 4.69) is 9.69 Å². The van der Waals surface area contributed by atoms with E-state index >= 15 is 0 Å². The molecule has 0 spiro atoms. The van der Waals surface area contributed by atoms with Crippen LogP contribution in [0, 0.1) is 5.82 Å². The van der Waals surface area contributed by atoms with Gasteiger partial charge in [-0.25, -0.2) is 4.39 Å². The molecule has 0 unspecified atom stereocenters. The molecule has 194 valence electrons. The molecule has 0 saturated carbocycles. The topological polar surface area (TPSA) is 141 Å². The van der Waals surface area contributed by atoms with E-state index in [1.807, 2.05) is 30.3 Å². The summed E-state index contributed by atoms with van der Waals surface area (Å²) in [4.78, 5) is 40.6. The maximum absolute atomic E-state index is 14.0. The summed E-state index contributed by atoms with van der Waals surface area (Å²) >= 11 is 0.687. The van der Waals surface area contributed by atoms with Crippen molar-refractivity contribution in [2.45, 2.75) is 12.6 Å². The lowest BCUT2D eigenvalue weighted by Gasteiger charge is -2.31. The normalized spacial score (nSPS) is 11.4. The van der Waals surface area contributed by atoms with Crippen molar-refractivity contribution in [2.75, 3.05) is 17.7 Å². The molecule has 1 heterocycles. The second kappa shape index (κ2) is 11.5. The van der Waals surface area contributed by atoms with Crippen LogP contribution in [0.25, 0.3) is 0 Å². The summed E-state index contributed by atoms with van der Waals surface area (Å²) in [5.74, 6) is -2.08. The van der Waals surface area contributed by atoms with Crippen LogP contribution >= 0.6 is 11.5 Å². The van der Waals surface area contributed by atoms with Gasteiger partial charge < -0.3 is 21.5 Å². The number of aromatic nitrogens is 1. The van der Waals surface area contributed by atoms with Gasteiger partial charge in [0.2, 0.25) is 5.91 Å². The Morgan fingerprint density at radius 3 is 2.26 bits per heavy atom. The van der Waals surface area contributed by atoms with Crippen molar-refractivity contribution in [1.29, 1.82) is 0 Å². The minimum absolute atomic E-state index is 0.0857. The van der Waals surface area contributed by atoms with E-state index in [0.717, 1.165) is 5.56 Å². The highest BCUT2D eigenvalue weighted by molar-refractivity contribution is 7.09. The maximum Gasteiger partial charge on any atom is 0.273 e. The van der Waals surface area contributed by atoms with Crippen molar-refractivity contribution < 1.29 is 23.5 Å². The first-order valence-electron chi connectivity index (χ1n) is 11.4. The van der Waals surface area contributed by atoms with Crippen LogP contribution in [0.5, 0.6) is 5.75 Å². The Hall–Kier alpha value is -4.77. The number of carbonyl (C=O) groups excluding carboxylic acids is 3. The number of primary amides is 1. The van der Waals surface area contributed by atoms with Gasteiger partial charge in [-0.15, -0.1) is 0 Å². The smallest absolute Gasteiger partial charge is 0.273 e. The molecular weight excluding hydrogens is 509 g/mol. The molecule has 0 aliphatic carbocycles. The molecule has 0 fully saturated rings. The van der Waals surface area contributed by atoms with Gasteiger partial charge in [-0.3, -0.25) is 19.3 Å². The number of rotatable bonds is 9. The molecule has 0 aliphatic rings. The number of benzene rings is 3. The molecule has 11 heteroatoms. The zero-order valence-electron chi connectivity index (χ0n) is 20.3. The summed E-state index contributed by atoms with van der Waals surface area (Å²) in [6.45, 7) is 0.201. The number of amides is 3. The molecule has 0 saturated heterocycles. The van der Waals surface area contributed by atoms with Crippen molar-refractivity contribution in [3.63, 3.8) is 0 Å². The van der Waals surface area contributed by atoms with E-state index in [-0.39, 0.29) is 28.5 Å². The lowest BCUT2D eigenvalue weighted by atomic mass is 10.0. The van der Waals surface area contributed by atoms with Gasteiger partial charge in [0.05, 0.1) is 12.8 Å². The number of hydrogen-bond acceptors (Lipinski definition) is 7. The molecule has 0 bridgehead atoms. The number of nitrogens with two attached hydrogens (primary N) is 2. The largest absolute Gasteiger partial charge is 0.497 e. The zero-order valence-corrected chi connectivity index (χ0v) is 21.1. The fourth-order valence-corrected chi connectivity index (χ4v) is 4.55. The lowest BCUT2D eigenvalue weighted by Crippen LogP contribution is -2.44. The Balaban J connectivity index is 1.82. The van der Waals surface area contributed by atoms with Crippen LogP contribution in [-0.2, 0) is 11.3 Å². The summed E-state index contributed by atoms with van der Waals surface area (Å²) in [5, 5.41) is 2.88. The van der Waals surface area contributed by atoms with E-state index in [4.69, 9.17) is 16.2 Å². The first-order valence-corrected chi connectivity index (χ1v) is 12.2. The number of nitrogens with zero attached hydrogens (tertiary/aromatic N) is 2. The molecule has 5 N–H and O–H groups in total. The number of anilines is 2. The number of ether oxygens (including phenoxy) is 1. The Bertz CT molecular complexity index is 1440. The van der Waals surface area contributed by atoms with Crippen molar-refractivity contribution in [3.05, 3.63) is 106 Å². The van der Waals surface area contributed by atoms with E-state index in [1.54, 1.807) is 24.3 Å². The Morgan fingerprint density at radius 2 is 1.68 bits per heavy atom. The predicted octanol–water partition coefficient (Wildman–Crippen LogP) is 3.68. The predicted molar refractivity (Wildman–Crippen MR) is 142 cm³/mol. The van der Waals surface area contributed by atoms with Gasteiger partial charge in [0.1, 0.15) is 22.5 Å². The van der Waals surface area contributed by atoms with Crippen LogP contribution in [0.1, 0.15) is 37.3 Å². The van der Waals surface area contributed by atoms with Gasteiger partial charge in [0, 0.05) is 12.2 Å². The average molecular weight is 534 g/mol. The van der Waals surface area contributed by atoms with Gasteiger partial charge >= 0.3 is 0 Å². The van der Waals surface area contributed by atoms with Gasteiger partial charge in [0.15, 0.2) is 5.69 Å². The molecule has 1 aromatic heterocycles. The first-order chi connectivity index (χ1) is 18.3. The third-order valence-electron chi connectivity index (χ3n) is 5.73. The molecule has 0 aliphatic heterocycles. The van der Waals surface area contributed by atoms with Crippen molar-refractivity contribution in [1.82, 2.24) is 9.69 Å². The SMILES string of the molecule is COc1ccc([C@H](C(=O)NCc2ccccc2)N(C(=O)c2snc(C(N)=O)c2N)c2ccc(F)cc2)cc1. The zero-order chi connectivity index (χ0) is 27.2.